The Labute approximate surface area is 160 Å². The lowest BCUT2D eigenvalue weighted by Gasteiger charge is -2.13. The summed E-state index contributed by atoms with van der Waals surface area (Å²) < 4.78 is 16.0. The smallest absolute Gasteiger partial charge is 0.237 e. The second-order valence-corrected chi connectivity index (χ2v) is 5.48. The summed E-state index contributed by atoms with van der Waals surface area (Å²) >= 11 is 0. The number of nitrogens with two attached hydrogens (primary N) is 1. The topological polar surface area (TPSA) is 82.8 Å². The lowest BCUT2D eigenvalue weighted by atomic mass is 10.1. The SMILES string of the molecule is COc1cc(OC)cc(OCCNC(=O)[C@@H](N)Cc2ccccc2)c1.Cl. The molecule has 0 bridgehead atoms. The van der Waals surface area contributed by atoms with Gasteiger partial charge in [0.25, 0.3) is 0 Å². The van der Waals surface area contributed by atoms with Gasteiger partial charge in [-0.2, -0.15) is 0 Å². The summed E-state index contributed by atoms with van der Waals surface area (Å²) in [5, 5.41) is 2.78. The van der Waals surface area contributed by atoms with E-state index >= 15 is 0 Å². The second-order valence-electron chi connectivity index (χ2n) is 5.48. The predicted octanol–water partition coefficient (Wildman–Crippen LogP) is 2.19. The molecule has 0 aliphatic carbocycles. The van der Waals surface area contributed by atoms with Crippen molar-refractivity contribution in [3.63, 3.8) is 0 Å². The van der Waals surface area contributed by atoms with Crippen molar-refractivity contribution in [3.8, 4) is 17.2 Å². The Morgan fingerprint density at radius 3 is 2.19 bits per heavy atom. The van der Waals surface area contributed by atoms with Gasteiger partial charge in [-0.25, -0.2) is 0 Å². The molecule has 6 nitrogen and oxygen atoms in total. The number of rotatable bonds is 9. The van der Waals surface area contributed by atoms with Gasteiger partial charge in [-0.05, 0) is 12.0 Å². The highest BCUT2D eigenvalue weighted by molar-refractivity contribution is 5.85. The van der Waals surface area contributed by atoms with Gasteiger partial charge in [0.2, 0.25) is 5.91 Å². The molecule has 0 heterocycles. The number of nitrogens with one attached hydrogen (secondary N) is 1. The molecule has 2 aromatic carbocycles. The van der Waals surface area contributed by atoms with E-state index in [-0.39, 0.29) is 18.3 Å². The van der Waals surface area contributed by atoms with Crippen LogP contribution in [0.2, 0.25) is 0 Å². The number of methoxy groups -OCH3 is 2. The Kier molecular flexibility index (Phi) is 9.33. The molecular weight excluding hydrogens is 356 g/mol. The number of amides is 1. The number of hydrogen-bond acceptors (Lipinski definition) is 5. The molecular formula is C19H25ClN2O4. The number of ether oxygens (including phenoxy) is 3. The Hall–Kier alpha value is -2.44. The quantitative estimate of drug-likeness (QED) is 0.651. The minimum Gasteiger partial charge on any atom is -0.496 e. The number of halogens is 1. The van der Waals surface area contributed by atoms with Gasteiger partial charge in [-0.15, -0.1) is 12.4 Å². The molecule has 0 saturated heterocycles. The summed E-state index contributed by atoms with van der Waals surface area (Å²) in [5.74, 6) is 1.70. The highest BCUT2D eigenvalue weighted by Gasteiger charge is 2.13. The van der Waals surface area contributed by atoms with Gasteiger partial charge in [0, 0.05) is 18.2 Å². The highest BCUT2D eigenvalue weighted by atomic mass is 35.5. The number of hydrogen-bond donors (Lipinski definition) is 2. The Morgan fingerprint density at radius 2 is 1.62 bits per heavy atom. The first kappa shape index (κ1) is 21.6. The van der Waals surface area contributed by atoms with Crippen LogP contribution in [-0.4, -0.2) is 39.3 Å². The lowest BCUT2D eigenvalue weighted by molar-refractivity contribution is -0.122. The van der Waals surface area contributed by atoms with Gasteiger partial charge >= 0.3 is 0 Å². The number of carbonyl (C=O) groups is 1. The van der Waals surface area contributed by atoms with Crippen LogP contribution in [-0.2, 0) is 11.2 Å². The van der Waals surface area contributed by atoms with Crippen molar-refractivity contribution < 1.29 is 19.0 Å². The molecule has 0 aliphatic rings. The van der Waals surface area contributed by atoms with Gasteiger partial charge < -0.3 is 25.3 Å². The summed E-state index contributed by atoms with van der Waals surface area (Å²) in [6, 6.07) is 14.4. The van der Waals surface area contributed by atoms with Crippen LogP contribution >= 0.6 is 12.4 Å². The maximum atomic E-state index is 12.0. The molecule has 0 saturated carbocycles. The largest absolute Gasteiger partial charge is 0.496 e. The van der Waals surface area contributed by atoms with E-state index in [9.17, 15) is 4.79 Å². The van der Waals surface area contributed by atoms with Crippen LogP contribution in [0, 0.1) is 0 Å². The van der Waals surface area contributed by atoms with Crippen LogP contribution in [0.15, 0.2) is 48.5 Å². The minimum atomic E-state index is -0.584. The van der Waals surface area contributed by atoms with Crippen LogP contribution in [0.4, 0.5) is 0 Å². The van der Waals surface area contributed by atoms with E-state index in [0.717, 1.165) is 5.56 Å². The van der Waals surface area contributed by atoms with Crippen molar-refractivity contribution in [1.29, 1.82) is 0 Å². The van der Waals surface area contributed by atoms with E-state index in [1.807, 2.05) is 30.3 Å². The molecule has 0 aliphatic heterocycles. The maximum Gasteiger partial charge on any atom is 0.237 e. The van der Waals surface area contributed by atoms with Crippen molar-refractivity contribution in [1.82, 2.24) is 5.32 Å². The fraction of sp³-hybridized carbons (Fsp3) is 0.316. The molecule has 7 heteroatoms. The standard InChI is InChI=1S/C19H24N2O4.ClH/c1-23-15-11-16(24-2)13-17(12-15)25-9-8-21-19(22)18(20)10-14-6-4-3-5-7-14;/h3-7,11-13,18H,8-10,20H2,1-2H3,(H,21,22);1H/t18-;/m0./s1. The van der Waals surface area contributed by atoms with Crippen LogP contribution < -0.4 is 25.3 Å². The zero-order chi connectivity index (χ0) is 18.1. The van der Waals surface area contributed by atoms with E-state index < -0.39 is 6.04 Å². The first-order valence-corrected chi connectivity index (χ1v) is 8.05. The average molecular weight is 381 g/mol. The van der Waals surface area contributed by atoms with E-state index in [0.29, 0.717) is 36.8 Å². The van der Waals surface area contributed by atoms with E-state index in [4.69, 9.17) is 19.9 Å². The molecule has 0 unspecified atom stereocenters. The van der Waals surface area contributed by atoms with Crippen LogP contribution in [0.25, 0.3) is 0 Å². The molecule has 0 radical (unpaired) electrons. The molecule has 0 fully saturated rings. The van der Waals surface area contributed by atoms with Gasteiger partial charge in [0.15, 0.2) is 0 Å². The van der Waals surface area contributed by atoms with Crippen LogP contribution in [0.1, 0.15) is 5.56 Å². The average Bonchev–Trinajstić information content (AvgIpc) is 2.65. The van der Waals surface area contributed by atoms with E-state index in [2.05, 4.69) is 5.32 Å². The zero-order valence-corrected chi connectivity index (χ0v) is 15.8. The Morgan fingerprint density at radius 1 is 1.04 bits per heavy atom. The zero-order valence-electron chi connectivity index (χ0n) is 14.9. The predicted molar refractivity (Wildman–Crippen MR) is 103 cm³/mol. The molecule has 2 aromatic rings. The maximum absolute atomic E-state index is 12.0. The Bertz CT molecular complexity index is 660. The van der Waals surface area contributed by atoms with Crippen molar-refractivity contribution in [2.75, 3.05) is 27.4 Å². The first-order valence-electron chi connectivity index (χ1n) is 8.05. The summed E-state index contributed by atoms with van der Waals surface area (Å²) in [4.78, 5) is 12.0. The van der Waals surface area contributed by atoms with Gasteiger partial charge in [-0.1, -0.05) is 30.3 Å². The second kappa shape index (κ2) is 11.2. The van der Waals surface area contributed by atoms with Crippen LogP contribution in [0.5, 0.6) is 17.2 Å². The molecule has 1 amide bonds. The van der Waals surface area contributed by atoms with Gasteiger partial charge in [0.1, 0.15) is 23.9 Å². The third-order valence-corrected chi connectivity index (χ3v) is 3.63. The molecule has 142 valence electrons. The van der Waals surface area contributed by atoms with Gasteiger partial charge in [0.05, 0.1) is 26.8 Å². The third kappa shape index (κ3) is 6.82. The number of carbonyl (C=O) groups excluding carboxylic acids is 1. The minimum absolute atomic E-state index is 0. The molecule has 1 atom stereocenters. The fourth-order valence-corrected chi connectivity index (χ4v) is 2.30. The van der Waals surface area contributed by atoms with E-state index in [1.165, 1.54) is 0 Å². The highest BCUT2D eigenvalue weighted by Crippen LogP contribution is 2.27. The first-order chi connectivity index (χ1) is 12.1. The molecule has 0 aromatic heterocycles. The lowest BCUT2D eigenvalue weighted by Crippen LogP contribution is -2.43. The van der Waals surface area contributed by atoms with Crippen molar-refractivity contribution >= 4 is 18.3 Å². The number of benzene rings is 2. The van der Waals surface area contributed by atoms with Crippen molar-refractivity contribution in [2.24, 2.45) is 5.73 Å². The van der Waals surface area contributed by atoms with E-state index in [1.54, 1.807) is 32.4 Å². The van der Waals surface area contributed by atoms with Crippen molar-refractivity contribution in [3.05, 3.63) is 54.1 Å². The van der Waals surface area contributed by atoms with Crippen molar-refractivity contribution in [2.45, 2.75) is 12.5 Å². The summed E-state index contributed by atoms with van der Waals surface area (Å²) in [6.07, 6.45) is 0.501. The van der Waals surface area contributed by atoms with Gasteiger partial charge in [-0.3, -0.25) is 4.79 Å². The summed E-state index contributed by atoms with van der Waals surface area (Å²) in [7, 11) is 3.15. The summed E-state index contributed by atoms with van der Waals surface area (Å²) in [6.45, 7) is 0.682. The monoisotopic (exact) mass is 380 g/mol. The molecule has 26 heavy (non-hydrogen) atoms. The summed E-state index contributed by atoms with van der Waals surface area (Å²) in [5.41, 5.74) is 6.96. The van der Waals surface area contributed by atoms with Crippen LogP contribution in [0.3, 0.4) is 0 Å². The molecule has 0 spiro atoms. The normalized spacial score (nSPS) is 11.0. The Balaban J connectivity index is 0.00000338. The molecule has 2 rings (SSSR count). The fourth-order valence-electron chi connectivity index (χ4n) is 2.30. The molecule has 3 N–H and O–H groups in total. The third-order valence-electron chi connectivity index (χ3n) is 3.63.